The number of carbonyl (C=O) groups excluding carboxylic acids is 1. The van der Waals surface area contributed by atoms with Crippen molar-refractivity contribution in [2.75, 3.05) is 26.2 Å². The molecule has 4 nitrogen and oxygen atoms in total. The fourth-order valence-electron chi connectivity index (χ4n) is 1.83. The summed E-state index contributed by atoms with van der Waals surface area (Å²) < 4.78 is 0.745. The molecule has 1 rings (SSSR count). The van der Waals surface area contributed by atoms with Gasteiger partial charge in [-0.2, -0.15) is 0 Å². The molecule has 1 aromatic carbocycles. The third-order valence-electron chi connectivity index (χ3n) is 2.91. The Bertz CT molecular complexity index is 424. The van der Waals surface area contributed by atoms with Gasteiger partial charge in [0.25, 0.3) is 5.91 Å². The van der Waals surface area contributed by atoms with Crippen molar-refractivity contribution in [2.45, 2.75) is 20.3 Å². The first-order chi connectivity index (χ1) is 9.08. The highest BCUT2D eigenvalue weighted by molar-refractivity contribution is 14.1. The minimum absolute atomic E-state index is 0.140. The molecule has 0 aliphatic heterocycles. The summed E-state index contributed by atoms with van der Waals surface area (Å²) in [6, 6.07) is 4.96. The first-order valence-corrected chi connectivity index (χ1v) is 7.65. The van der Waals surface area contributed by atoms with Crippen LogP contribution in [0.1, 0.15) is 30.6 Å². The Morgan fingerprint density at radius 1 is 1.37 bits per heavy atom. The Labute approximate surface area is 128 Å². The van der Waals surface area contributed by atoms with E-state index >= 15 is 0 Å². The number of phenols is 1. The average molecular weight is 376 g/mol. The second-order valence-electron chi connectivity index (χ2n) is 4.36. The predicted molar refractivity (Wildman–Crippen MR) is 85.6 cm³/mol. The molecule has 1 amide bonds. The lowest BCUT2D eigenvalue weighted by Crippen LogP contribution is -2.35. The molecule has 1 aromatic rings. The molecule has 0 spiro atoms. The highest BCUT2D eigenvalue weighted by atomic mass is 127. The summed E-state index contributed by atoms with van der Waals surface area (Å²) >= 11 is 2.03. The Hall–Kier alpha value is -0.820. The zero-order valence-electron chi connectivity index (χ0n) is 11.4. The van der Waals surface area contributed by atoms with Crippen LogP contribution in [0.4, 0.5) is 0 Å². The summed E-state index contributed by atoms with van der Waals surface area (Å²) in [7, 11) is 0. The van der Waals surface area contributed by atoms with Crippen LogP contribution in [0.15, 0.2) is 18.2 Å². The molecule has 2 N–H and O–H groups in total. The number of amides is 1. The molecule has 0 bridgehead atoms. The van der Waals surface area contributed by atoms with E-state index in [-0.39, 0.29) is 11.7 Å². The van der Waals surface area contributed by atoms with E-state index in [1.54, 1.807) is 12.1 Å². The summed E-state index contributed by atoms with van der Waals surface area (Å²) in [4.78, 5) is 14.2. The van der Waals surface area contributed by atoms with Crippen molar-refractivity contribution in [2.24, 2.45) is 0 Å². The fourth-order valence-corrected chi connectivity index (χ4v) is 2.16. The molecule has 0 atom stereocenters. The van der Waals surface area contributed by atoms with E-state index in [1.165, 1.54) is 6.07 Å². The van der Waals surface area contributed by atoms with E-state index < -0.39 is 0 Å². The minimum Gasteiger partial charge on any atom is -0.507 e. The normalized spacial score (nSPS) is 10.7. The first kappa shape index (κ1) is 16.2. The van der Waals surface area contributed by atoms with Gasteiger partial charge < -0.3 is 15.3 Å². The van der Waals surface area contributed by atoms with Crippen molar-refractivity contribution in [1.82, 2.24) is 10.2 Å². The quantitative estimate of drug-likeness (QED) is 0.719. The zero-order valence-corrected chi connectivity index (χ0v) is 13.6. The molecule has 0 fully saturated rings. The number of hydrogen-bond acceptors (Lipinski definition) is 3. The van der Waals surface area contributed by atoms with Crippen LogP contribution in [0.2, 0.25) is 0 Å². The Morgan fingerprint density at radius 2 is 2.11 bits per heavy atom. The van der Waals surface area contributed by atoms with Gasteiger partial charge in [0.15, 0.2) is 0 Å². The van der Waals surface area contributed by atoms with Crippen LogP contribution < -0.4 is 5.32 Å². The minimum atomic E-state index is -0.140. The number of aromatic hydroxyl groups is 1. The van der Waals surface area contributed by atoms with Crippen molar-refractivity contribution in [3.8, 4) is 5.75 Å². The van der Waals surface area contributed by atoms with Crippen LogP contribution in [0.3, 0.4) is 0 Å². The summed E-state index contributed by atoms with van der Waals surface area (Å²) in [6.07, 6.45) is 1.12. The van der Waals surface area contributed by atoms with Gasteiger partial charge >= 0.3 is 0 Å². The molecule has 0 saturated heterocycles. The summed E-state index contributed by atoms with van der Waals surface area (Å²) in [6.45, 7) is 7.79. The van der Waals surface area contributed by atoms with Crippen LogP contribution in [-0.4, -0.2) is 42.1 Å². The molecular weight excluding hydrogens is 355 g/mol. The van der Waals surface area contributed by atoms with Crippen LogP contribution >= 0.6 is 22.6 Å². The lowest BCUT2D eigenvalue weighted by molar-refractivity contribution is 0.0948. The third-order valence-corrected chi connectivity index (χ3v) is 3.82. The number of rotatable bonds is 7. The number of nitrogens with one attached hydrogen (secondary N) is 1. The molecule has 0 heterocycles. The summed E-state index contributed by atoms with van der Waals surface area (Å²) in [5.41, 5.74) is 0.497. The molecule has 0 aliphatic rings. The molecule has 0 aliphatic carbocycles. The molecule has 5 heteroatoms. The smallest absolute Gasteiger partial charge is 0.251 e. The van der Waals surface area contributed by atoms with E-state index in [2.05, 4.69) is 24.1 Å². The predicted octanol–water partition coefficient (Wildman–Crippen LogP) is 2.46. The van der Waals surface area contributed by atoms with Gasteiger partial charge in [-0.3, -0.25) is 4.79 Å². The third kappa shape index (κ3) is 5.36. The SMILES string of the molecule is CCCN(CC)CCNC(=O)c1ccc(I)c(O)c1. The van der Waals surface area contributed by atoms with Gasteiger partial charge in [0.2, 0.25) is 0 Å². The second kappa shape index (κ2) is 8.37. The van der Waals surface area contributed by atoms with Gasteiger partial charge in [-0.25, -0.2) is 0 Å². The van der Waals surface area contributed by atoms with Gasteiger partial charge in [-0.15, -0.1) is 0 Å². The number of benzene rings is 1. The number of nitrogens with zero attached hydrogens (tertiary/aromatic N) is 1. The monoisotopic (exact) mass is 376 g/mol. The number of carbonyl (C=O) groups is 1. The largest absolute Gasteiger partial charge is 0.507 e. The zero-order chi connectivity index (χ0) is 14.3. The Morgan fingerprint density at radius 3 is 2.68 bits per heavy atom. The van der Waals surface area contributed by atoms with Crippen LogP contribution in [0, 0.1) is 3.57 Å². The summed E-state index contributed by atoms with van der Waals surface area (Å²) in [5, 5.41) is 12.4. The van der Waals surface area contributed by atoms with Gasteiger partial charge in [-0.1, -0.05) is 13.8 Å². The van der Waals surface area contributed by atoms with Crippen molar-refractivity contribution in [1.29, 1.82) is 0 Å². The van der Waals surface area contributed by atoms with E-state index in [9.17, 15) is 9.90 Å². The van der Waals surface area contributed by atoms with Crippen molar-refractivity contribution >= 4 is 28.5 Å². The lowest BCUT2D eigenvalue weighted by atomic mass is 10.2. The van der Waals surface area contributed by atoms with E-state index in [4.69, 9.17) is 0 Å². The lowest BCUT2D eigenvalue weighted by Gasteiger charge is -2.19. The van der Waals surface area contributed by atoms with Crippen molar-refractivity contribution < 1.29 is 9.90 Å². The van der Waals surface area contributed by atoms with Crippen LogP contribution in [0.5, 0.6) is 5.75 Å². The molecule has 0 radical (unpaired) electrons. The molecule has 0 aromatic heterocycles. The Balaban J connectivity index is 2.44. The van der Waals surface area contributed by atoms with Gasteiger partial charge in [0.05, 0.1) is 3.57 Å². The standard InChI is InChI=1S/C14H21IN2O2/c1-3-8-17(4-2)9-7-16-14(19)11-5-6-12(15)13(18)10-11/h5-6,10,18H,3-4,7-9H2,1-2H3,(H,16,19). The maximum atomic E-state index is 11.9. The van der Waals surface area contributed by atoms with E-state index in [0.29, 0.717) is 12.1 Å². The van der Waals surface area contributed by atoms with E-state index in [1.807, 2.05) is 22.6 Å². The number of likely N-dealkylation sites (N-methyl/N-ethyl adjacent to an activating group) is 1. The van der Waals surface area contributed by atoms with Crippen molar-refractivity contribution in [3.05, 3.63) is 27.3 Å². The summed E-state index contributed by atoms with van der Waals surface area (Å²) in [5.74, 6) is 0.00803. The van der Waals surface area contributed by atoms with Gasteiger partial charge in [-0.05, 0) is 60.3 Å². The van der Waals surface area contributed by atoms with Gasteiger partial charge in [0.1, 0.15) is 5.75 Å². The molecule has 0 saturated carbocycles. The van der Waals surface area contributed by atoms with Crippen molar-refractivity contribution in [3.63, 3.8) is 0 Å². The molecule has 106 valence electrons. The maximum Gasteiger partial charge on any atom is 0.251 e. The average Bonchev–Trinajstić information content (AvgIpc) is 2.40. The second-order valence-corrected chi connectivity index (χ2v) is 5.52. The number of halogens is 1. The number of hydrogen-bond donors (Lipinski definition) is 2. The first-order valence-electron chi connectivity index (χ1n) is 6.57. The fraction of sp³-hybridized carbons (Fsp3) is 0.500. The molecule has 0 unspecified atom stereocenters. The topological polar surface area (TPSA) is 52.6 Å². The van der Waals surface area contributed by atoms with Gasteiger partial charge in [0, 0.05) is 18.7 Å². The highest BCUT2D eigenvalue weighted by Crippen LogP contribution is 2.20. The Kier molecular flexibility index (Phi) is 7.15. The van der Waals surface area contributed by atoms with Crippen LogP contribution in [0.25, 0.3) is 0 Å². The van der Waals surface area contributed by atoms with E-state index in [0.717, 1.165) is 29.6 Å². The molecular formula is C14H21IN2O2. The highest BCUT2D eigenvalue weighted by Gasteiger charge is 2.08. The maximum absolute atomic E-state index is 11.9. The molecule has 19 heavy (non-hydrogen) atoms. The number of phenolic OH excluding ortho intramolecular Hbond substituents is 1. The van der Waals surface area contributed by atoms with Crippen LogP contribution in [-0.2, 0) is 0 Å².